The molecule has 2 rings (SSSR count). The molecule has 3 heteroatoms. The molecule has 1 aromatic rings. The van der Waals surface area contributed by atoms with Gasteiger partial charge in [0.25, 0.3) is 0 Å². The molecule has 1 unspecified atom stereocenters. The summed E-state index contributed by atoms with van der Waals surface area (Å²) in [7, 11) is 0. The first kappa shape index (κ1) is 10.9. The number of anilines is 1. The largest absolute Gasteiger partial charge is 0.354 e. The summed E-state index contributed by atoms with van der Waals surface area (Å²) >= 11 is 0. The average molecular weight is 215 g/mol. The van der Waals surface area contributed by atoms with Crippen LogP contribution in [0.5, 0.6) is 0 Å². The van der Waals surface area contributed by atoms with Gasteiger partial charge in [0.15, 0.2) is 0 Å². The van der Waals surface area contributed by atoms with E-state index in [0.717, 1.165) is 18.8 Å². The Kier molecular flexibility index (Phi) is 3.40. The molecule has 1 fully saturated rings. The van der Waals surface area contributed by atoms with Crippen molar-refractivity contribution in [1.82, 2.24) is 4.98 Å². The lowest BCUT2D eigenvalue weighted by Crippen LogP contribution is -2.39. The second-order valence-corrected chi connectivity index (χ2v) is 4.24. The van der Waals surface area contributed by atoms with Crippen LogP contribution in [0.3, 0.4) is 0 Å². The molecule has 84 valence electrons. The summed E-state index contributed by atoms with van der Waals surface area (Å²) in [5.74, 6) is 0.964. The van der Waals surface area contributed by atoms with Crippen molar-refractivity contribution in [2.75, 3.05) is 11.4 Å². The maximum absolute atomic E-state index is 8.85. The van der Waals surface area contributed by atoms with Crippen molar-refractivity contribution < 1.29 is 0 Å². The number of nitriles is 1. The molecule has 0 aliphatic carbocycles. The van der Waals surface area contributed by atoms with E-state index in [0.29, 0.717) is 11.7 Å². The van der Waals surface area contributed by atoms with Crippen molar-refractivity contribution in [2.24, 2.45) is 0 Å². The Hall–Kier alpha value is -1.56. The van der Waals surface area contributed by atoms with Gasteiger partial charge in [-0.15, -0.1) is 0 Å². The van der Waals surface area contributed by atoms with Crippen LogP contribution < -0.4 is 4.90 Å². The van der Waals surface area contributed by atoms with Gasteiger partial charge in [0, 0.05) is 12.6 Å². The highest BCUT2D eigenvalue weighted by Crippen LogP contribution is 2.24. The summed E-state index contributed by atoms with van der Waals surface area (Å²) in [6, 6.07) is 8.38. The van der Waals surface area contributed by atoms with E-state index in [-0.39, 0.29) is 0 Å². The van der Waals surface area contributed by atoms with Crippen LogP contribution in [-0.2, 0) is 0 Å². The van der Waals surface area contributed by atoms with Crippen LogP contribution in [0.1, 0.15) is 38.3 Å². The van der Waals surface area contributed by atoms with Crippen molar-refractivity contribution in [3.05, 3.63) is 23.9 Å². The Morgan fingerprint density at radius 3 is 3.12 bits per heavy atom. The zero-order valence-electron chi connectivity index (χ0n) is 9.69. The molecule has 1 aliphatic heterocycles. The molecule has 0 amide bonds. The van der Waals surface area contributed by atoms with Crippen LogP contribution in [-0.4, -0.2) is 17.6 Å². The summed E-state index contributed by atoms with van der Waals surface area (Å²) in [6.45, 7) is 3.29. The zero-order chi connectivity index (χ0) is 11.4. The minimum absolute atomic E-state index is 0.512. The predicted molar refractivity (Wildman–Crippen MR) is 64.2 cm³/mol. The Morgan fingerprint density at radius 2 is 2.38 bits per heavy atom. The highest BCUT2D eigenvalue weighted by atomic mass is 15.2. The van der Waals surface area contributed by atoms with Gasteiger partial charge in [-0.1, -0.05) is 13.0 Å². The van der Waals surface area contributed by atoms with E-state index < -0.39 is 0 Å². The van der Waals surface area contributed by atoms with Gasteiger partial charge in [0.1, 0.15) is 17.6 Å². The van der Waals surface area contributed by atoms with Gasteiger partial charge in [-0.3, -0.25) is 0 Å². The minimum Gasteiger partial charge on any atom is -0.354 e. The first-order chi connectivity index (χ1) is 7.85. The maximum Gasteiger partial charge on any atom is 0.142 e. The normalized spacial score (nSPS) is 20.5. The van der Waals surface area contributed by atoms with Crippen LogP contribution in [0.25, 0.3) is 0 Å². The summed E-state index contributed by atoms with van der Waals surface area (Å²) in [6.07, 6.45) is 4.94. The molecule has 1 aromatic heterocycles. The van der Waals surface area contributed by atoms with Crippen LogP contribution >= 0.6 is 0 Å². The lowest BCUT2D eigenvalue weighted by atomic mass is 10.00. The third kappa shape index (κ3) is 2.16. The van der Waals surface area contributed by atoms with Crippen molar-refractivity contribution in [3.63, 3.8) is 0 Å². The number of pyridine rings is 1. The molecule has 0 bridgehead atoms. The van der Waals surface area contributed by atoms with Crippen molar-refractivity contribution in [2.45, 2.75) is 38.6 Å². The number of piperidine rings is 1. The third-order valence-electron chi connectivity index (χ3n) is 3.24. The lowest BCUT2D eigenvalue weighted by Gasteiger charge is -2.36. The van der Waals surface area contributed by atoms with Gasteiger partial charge < -0.3 is 4.90 Å². The molecule has 1 aliphatic rings. The number of hydrogen-bond donors (Lipinski definition) is 0. The van der Waals surface area contributed by atoms with E-state index in [9.17, 15) is 0 Å². The first-order valence-electron chi connectivity index (χ1n) is 5.99. The smallest absolute Gasteiger partial charge is 0.142 e. The zero-order valence-corrected chi connectivity index (χ0v) is 9.69. The SMILES string of the molecule is CCC1CCCCN1c1cccc(C#N)n1. The van der Waals surface area contributed by atoms with Gasteiger partial charge in [-0.2, -0.15) is 5.26 Å². The van der Waals surface area contributed by atoms with Crippen LogP contribution in [0, 0.1) is 11.3 Å². The Bertz CT molecular complexity index is 394. The Morgan fingerprint density at radius 1 is 1.50 bits per heavy atom. The topological polar surface area (TPSA) is 39.9 Å². The number of rotatable bonds is 2. The molecule has 1 saturated heterocycles. The molecule has 2 heterocycles. The van der Waals surface area contributed by atoms with Gasteiger partial charge in [0.2, 0.25) is 0 Å². The van der Waals surface area contributed by atoms with Crippen molar-refractivity contribution >= 4 is 5.82 Å². The molecule has 0 spiro atoms. The lowest BCUT2D eigenvalue weighted by molar-refractivity contribution is 0.447. The number of hydrogen-bond acceptors (Lipinski definition) is 3. The molecule has 0 N–H and O–H groups in total. The fourth-order valence-corrected chi connectivity index (χ4v) is 2.37. The summed E-state index contributed by atoms with van der Waals surface area (Å²) in [4.78, 5) is 6.73. The number of nitrogens with zero attached hydrogens (tertiary/aromatic N) is 3. The van der Waals surface area contributed by atoms with E-state index in [4.69, 9.17) is 5.26 Å². The highest BCUT2D eigenvalue weighted by Gasteiger charge is 2.21. The molecular formula is C13H17N3. The Labute approximate surface area is 96.7 Å². The van der Waals surface area contributed by atoms with E-state index in [1.807, 2.05) is 12.1 Å². The van der Waals surface area contributed by atoms with Crippen molar-refractivity contribution in [3.8, 4) is 6.07 Å². The fraction of sp³-hybridized carbons (Fsp3) is 0.538. The van der Waals surface area contributed by atoms with Gasteiger partial charge in [-0.25, -0.2) is 4.98 Å². The second kappa shape index (κ2) is 4.98. The first-order valence-corrected chi connectivity index (χ1v) is 5.99. The average Bonchev–Trinajstić information content (AvgIpc) is 2.38. The monoisotopic (exact) mass is 215 g/mol. The maximum atomic E-state index is 8.85. The molecule has 0 saturated carbocycles. The van der Waals surface area contributed by atoms with Gasteiger partial charge in [-0.05, 0) is 37.8 Å². The van der Waals surface area contributed by atoms with E-state index >= 15 is 0 Å². The molecule has 0 radical (unpaired) electrons. The molecule has 1 atom stereocenters. The predicted octanol–water partition coefficient (Wildman–Crippen LogP) is 2.72. The fourth-order valence-electron chi connectivity index (χ4n) is 2.37. The summed E-state index contributed by atoms with van der Waals surface area (Å²) in [5.41, 5.74) is 0.512. The summed E-state index contributed by atoms with van der Waals surface area (Å²) < 4.78 is 0. The summed E-state index contributed by atoms with van der Waals surface area (Å²) in [5, 5.41) is 8.85. The van der Waals surface area contributed by atoms with Gasteiger partial charge >= 0.3 is 0 Å². The molecule has 0 aromatic carbocycles. The van der Waals surface area contributed by atoms with E-state index in [1.165, 1.54) is 19.3 Å². The van der Waals surface area contributed by atoms with Crippen LogP contribution in [0.4, 0.5) is 5.82 Å². The van der Waals surface area contributed by atoms with Crippen molar-refractivity contribution in [1.29, 1.82) is 5.26 Å². The van der Waals surface area contributed by atoms with Crippen LogP contribution in [0.15, 0.2) is 18.2 Å². The van der Waals surface area contributed by atoms with Gasteiger partial charge in [0.05, 0.1) is 0 Å². The molecular weight excluding hydrogens is 198 g/mol. The third-order valence-corrected chi connectivity index (χ3v) is 3.24. The standard InChI is InChI=1S/C13H17N3/c1-2-12-7-3-4-9-16(12)13-8-5-6-11(10-14)15-13/h5-6,8,12H,2-4,7,9H2,1H3. The van der Waals surface area contributed by atoms with E-state index in [2.05, 4.69) is 22.9 Å². The molecule has 16 heavy (non-hydrogen) atoms. The highest BCUT2D eigenvalue weighted by molar-refractivity contribution is 5.43. The minimum atomic E-state index is 0.512. The van der Waals surface area contributed by atoms with E-state index in [1.54, 1.807) is 6.07 Å². The van der Waals surface area contributed by atoms with Crippen LogP contribution in [0.2, 0.25) is 0 Å². The Balaban J connectivity index is 2.24. The quantitative estimate of drug-likeness (QED) is 0.761. The second-order valence-electron chi connectivity index (χ2n) is 4.24. The number of aromatic nitrogens is 1. The molecule has 3 nitrogen and oxygen atoms in total.